The minimum atomic E-state index is 1.20. The average Bonchev–Trinajstić information content (AvgIpc) is 3.50. The molecule has 0 saturated heterocycles. The molecule has 1 aromatic heterocycles. The second kappa shape index (κ2) is 10.7. The lowest BCUT2D eigenvalue weighted by molar-refractivity contribution is 1.17. The second-order valence-electron chi connectivity index (χ2n) is 13.4. The van der Waals surface area contributed by atoms with E-state index in [-0.39, 0.29) is 0 Å². The van der Waals surface area contributed by atoms with Crippen LogP contribution in [-0.4, -0.2) is 4.57 Å². The Hall–Kier alpha value is -6.18. The van der Waals surface area contributed by atoms with Crippen LogP contribution in [0.25, 0.3) is 92.8 Å². The Morgan fingerprint density at radius 2 is 0.735 bits per heavy atom. The molecule has 49 heavy (non-hydrogen) atoms. The van der Waals surface area contributed by atoms with Crippen molar-refractivity contribution in [1.29, 1.82) is 0 Å². The van der Waals surface area contributed by atoms with Crippen LogP contribution in [0, 0.1) is 13.8 Å². The molecule has 9 aromatic carbocycles. The number of fused-ring (bicyclic) bond motifs is 9. The van der Waals surface area contributed by atoms with E-state index in [1.807, 2.05) is 0 Å². The molecule has 0 radical (unpaired) electrons. The van der Waals surface area contributed by atoms with E-state index in [1.165, 1.54) is 104 Å². The first-order valence-corrected chi connectivity index (χ1v) is 17.1. The van der Waals surface area contributed by atoms with Gasteiger partial charge in [0.05, 0.1) is 11.0 Å². The smallest absolute Gasteiger partial charge is 0.0619 e. The molecule has 10 rings (SSSR count). The van der Waals surface area contributed by atoms with Crippen molar-refractivity contribution in [3.63, 3.8) is 0 Å². The summed E-state index contributed by atoms with van der Waals surface area (Å²) in [6.07, 6.45) is 0. The van der Waals surface area contributed by atoms with Gasteiger partial charge in [-0.05, 0) is 91.7 Å². The van der Waals surface area contributed by atoms with Crippen molar-refractivity contribution in [1.82, 2.24) is 4.57 Å². The molecule has 0 aliphatic carbocycles. The molecule has 0 N–H and O–H groups in total. The first kappa shape index (κ1) is 27.9. The van der Waals surface area contributed by atoms with Crippen molar-refractivity contribution in [3.05, 3.63) is 175 Å². The molecule has 1 heterocycles. The Morgan fingerprint density at radius 1 is 0.327 bits per heavy atom. The van der Waals surface area contributed by atoms with Gasteiger partial charge in [-0.1, -0.05) is 152 Å². The van der Waals surface area contributed by atoms with Gasteiger partial charge >= 0.3 is 0 Å². The predicted octanol–water partition coefficient (Wildman–Crippen LogP) is 13.3. The highest BCUT2D eigenvalue weighted by Gasteiger charge is 2.22. The monoisotopic (exact) mass is 623 g/mol. The van der Waals surface area contributed by atoms with Crippen molar-refractivity contribution in [2.75, 3.05) is 0 Å². The summed E-state index contributed by atoms with van der Waals surface area (Å²) in [7, 11) is 0. The second-order valence-corrected chi connectivity index (χ2v) is 13.4. The third kappa shape index (κ3) is 4.06. The Labute approximate surface area is 285 Å². The lowest BCUT2D eigenvalue weighted by Crippen LogP contribution is -2.00. The van der Waals surface area contributed by atoms with Crippen molar-refractivity contribution in [2.24, 2.45) is 0 Å². The standard InChI is InChI=1S/C48H33N/c1-30-28-35(49-47-36-18-8-6-14-32(36)24-26-42(47)43-27-25-33-15-7-9-19-37(33)48(43)49)29-31(2)44(30)46-40-22-12-10-20-38(40)45(34-16-4-3-5-17-34)39-21-11-13-23-41(39)46/h3-29H,1-2H3. The van der Waals surface area contributed by atoms with Gasteiger partial charge in [0.2, 0.25) is 0 Å². The van der Waals surface area contributed by atoms with Gasteiger partial charge in [-0.3, -0.25) is 0 Å². The fraction of sp³-hybridized carbons (Fsp3) is 0.0417. The molecule has 1 nitrogen and oxygen atoms in total. The van der Waals surface area contributed by atoms with Gasteiger partial charge in [0.15, 0.2) is 0 Å². The van der Waals surface area contributed by atoms with E-state index in [4.69, 9.17) is 0 Å². The summed E-state index contributed by atoms with van der Waals surface area (Å²) >= 11 is 0. The summed E-state index contributed by atoms with van der Waals surface area (Å²) in [4.78, 5) is 0. The summed E-state index contributed by atoms with van der Waals surface area (Å²) in [5.41, 5.74) is 11.4. The zero-order valence-electron chi connectivity index (χ0n) is 27.5. The van der Waals surface area contributed by atoms with Gasteiger partial charge in [-0.2, -0.15) is 0 Å². The van der Waals surface area contributed by atoms with Gasteiger partial charge in [0, 0.05) is 27.2 Å². The third-order valence-corrected chi connectivity index (χ3v) is 10.6. The zero-order valence-corrected chi connectivity index (χ0v) is 27.5. The fourth-order valence-electron chi connectivity index (χ4n) is 8.57. The average molecular weight is 624 g/mol. The lowest BCUT2D eigenvalue weighted by atomic mass is 9.83. The van der Waals surface area contributed by atoms with Crippen molar-refractivity contribution in [3.8, 4) is 27.9 Å². The van der Waals surface area contributed by atoms with Gasteiger partial charge in [0.1, 0.15) is 0 Å². The molecule has 0 aliphatic rings. The van der Waals surface area contributed by atoms with Crippen molar-refractivity contribution >= 4 is 64.9 Å². The number of rotatable bonds is 3. The van der Waals surface area contributed by atoms with E-state index in [0.29, 0.717) is 0 Å². The normalized spacial score (nSPS) is 11.9. The topological polar surface area (TPSA) is 4.93 Å². The van der Waals surface area contributed by atoms with Crippen LogP contribution in [0.15, 0.2) is 164 Å². The van der Waals surface area contributed by atoms with Crippen LogP contribution in [0.3, 0.4) is 0 Å². The SMILES string of the molecule is Cc1cc(-n2c3c4ccccc4ccc3c3ccc4ccccc4c32)cc(C)c1-c1c2ccccc2c(-c2ccccc2)c2ccccc12. The summed E-state index contributed by atoms with van der Waals surface area (Å²) in [5.74, 6) is 0. The molecule has 0 atom stereocenters. The van der Waals surface area contributed by atoms with Gasteiger partial charge in [-0.25, -0.2) is 0 Å². The highest BCUT2D eigenvalue weighted by atomic mass is 15.0. The lowest BCUT2D eigenvalue weighted by Gasteiger charge is -2.21. The first-order valence-electron chi connectivity index (χ1n) is 17.1. The molecular weight excluding hydrogens is 591 g/mol. The molecule has 1 heteroatoms. The minimum absolute atomic E-state index is 1.20. The highest BCUT2D eigenvalue weighted by molar-refractivity contribution is 6.24. The van der Waals surface area contributed by atoms with Crippen LogP contribution in [0.5, 0.6) is 0 Å². The maximum atomic E-state index is 2.54. The maximum Gasteiger partial charge on any atom is 0.0619 e. The Bertz CT molecular complexity index is 2770. The molecule has 0 amide bonds. The number of aromatic nitrogens is 1. The molecule has 0 unspecified atom stereocenters. The Morgan fingerprint density at radius 3 is 1.22 bits per heavy atom. The summed E-state index contributed by atoms with van der Waals surface area (Å²) in [6, 6.07) is 60.4. The Kier molecular flexibility index (Phi) is 6.07. The van der Waals surface area contributed by atoms with E-state index in [0.717, 1.165) is 0 Å². The molecule has 230 valence electrons. The molecule has 10 aromatic rings. The van der Waals surface area contributed by atoms with Crippen molar-refractivity contribution in [2.45, 2.75) is 13.8 Å². The van der Waals surface area contributed by atoms with Crippen molar-refractivity contribution < 1.29 is 0 Å². The molecule has 0 bridgehead atoms. The molecular formula is C48H33N. The van der Waals surface area contributed by atoms with E-state index in [9.17, 15) is 0 Å². The van der Waals surface area contributed by atoms with E-state index in [1.54, 1.807) is 0 Å². The van der Waals surface area contributed by atoms with E-state index in [2.05, 4.69) is 182 Å². The summed E-state index contributed by atoms with van der Waals surface area (Å²) in [6.45, 7) is 4.59. The van der Waals surface area contributed by atoms with Crippen LogP contribution >= 0.6 is 0 Å². The van der Waals surface area contributed by atoms with Gasteiger partial charge < -0.3 is 4.57 Å². The zero-order chi connectivity index (χ0) is 32.6. The molecule has 0 spiro atoms. The van der Waals surface area contributed by atoms with E-state index < -0.39 is 0 Å². The number of hydrogen-bond acceptors (Lipinski definition) is 0. The van der Waals surface area contributed by atoms with Gasteiger partial charge in [0.25, 0.3) is 0 Å². The highest BCUT2D eigenvalue weighted by Crippen LogP contribution is 2.46. The van der Waals surface area contributed by atoms with Crippen LogP contribution in [0.4, 0.5) is 0 Å². The maximum absolute atomic E-state index is 2.54. The predicted molar refractivity (Wildman–Crippen MR) is 211 cm³/mol. The Balaban J connectivity index is 1.31. The first-order chi connectivity index (χ1) is 24.2. The largest absolute Gasteiger partial charge is 0.308 e. The summed E-state index contributed by atoms with van der Waals surface area (Å²) in [5, 5.41) is 12.8. The summed E-state index contributed by atoms with van der Waals surface area (Å²) < 4.78 is 2.54. The van der Waals surface area contributed by atoms with E-state index >= 15 is 0 Å². The number of benzene rings is 9. The van der Waals surface area contributed by atoms with Crippen LogP contribution in [-0.2, 0) is 0 Å². The number of aryl methyl sites for hydroxylation is 2. The minimum Gasteiger partial charge on any atom is -0.308 e. The fourth-order valence-corrected chi connectivity index (χ4v) is 8.57. The molecule has 0 fully saturated rings. The van der Waals surface area contributed by atoms with Crippen LogP contribution in [0.2, 0.25) is 0 Å². The third-order valence-electron chi connectivity index (χ3n) is 10.6. The van der Waals surface area contributed by atoms with Gasteiger partial charge in [-0.15, -0.1) is 0 Å². The van der Waals surface area contributed by atoms with Crippen LogP contribution in [0.1, 0.15) is 11.1 Å². The number of hydrogen-bond donors (Lipinski definition) is 0. The number of nitrogens with zero attached hydrogens (tertiary/aromatic N) is 1. The van der Waals surface area contributed by atoms with Crippen LogP contribution < -0.4 is 0 Å². The molecule has 0 aliphatic heterocycles. The quantitative estimate of drug-likeness (QED) is 0.173. The molecule has 0 saturated carbocycles.